The molecule has 0 aliphatic carbocycles. The van der Waals surface area contributed by atoms with Crippen molar-refractivity contribution in [3.63, 3.8) is 0 Å². The maximum Gasteiger partial charge on any atom is 0.338 e. The van der Waals surface area contributed by atoms with Gasteiger partial charge in [0, 0.05) is 25.2 Å². The van der Waals surface area contributed by atoms with Crippen molar-refractivity contribution in [1.29, 1.82) is 0 Å². The molecule has 0 radical (unpaired) electrons. The van der Waals surface area contributed by atoms with E-state index in [4.69, 9.17) is 9.15 Å². The van der Waals surface area contributed by atoms with Crippen LogP contribution < -0.4 is 19.8 Å². The standard InChI is InChI=1S/C27H29N3O4S/c1-4-33-26(32)23-18(3)28-27-30(24(23)19-10-8-17(2)9-11-19)25(31)21(35-27)16-20-12-13-22(34-20)29-14-6-5-7-15-29/h8-13,16,24H,4-7,14-15H2,1-3H3/b21-16-/t24-/m0/s1. The third-order valence-electron chi connectivity index (χ3n) is 6.46. The number of piperidine rings is 1. The van der Waals surface area contributed by atoms with E-state index in [0.717, 1.165) is 42.9 Å². The molecule has 0 N–H and O–H groups in total. The number of nitrogens with zero attached hydrogens (tertiary/aromatic N) is 3. The van der Waals surface area contributed by atoms with E-state index >= 15 is 0 Å². The molecule has 0 saturated carbocycles. The Labute approximate surface area is 207 Å². The SMILES string of the molecule is CCOC(=O)C1=C(C)N=c2s/c(=C\c3ccc(N4CCCCC4)o3)c(=O)n2[C@H]1c1ccc(C)cc1. The van der Waals surface area contributed by atoms with Crippen LogP contribution in [0.3, 0.4) is 0 Å². The summed E-state index contributed by atoms with van der Waals surface area (Å²) in [7, 11) is 0. The van der Waals surface area contributed by atoms with Gasteiger partial charge in [0.15, 0.2) is 10.7 Å². The molecule has 2 aromatic heterocycles. The highest BCUT2D eigenvalue weighted by molar-refractivity contribution is 7.07. The number of ether oxygens (including phenoxy) is 1. The summed E-state index contributed by atoms with van der Waals surface area (Å²) < 4.78 is 13.5. The molecule has 4 heterocycles. The molecule has 0 bridgehead atoms. The Hall–Kier alpha value is -3.39. The van der Waals surface area contributed by atoms with Crippen LogP contribution in [0.2, 0.25) is 0 Å². The van der Waals surface area contributed by atoms with E-state index in [0.29, 0.717) is 26.4 Å². The lowest BCUT2D eigenvalue weighted by atomic mass is 9.95. The van der Waals surface area contributed by atoms with Crippen LogP contribution in [-0.4, -0.2) is 30.2 Å². The van der Waals surface area contributed by atoms with Crippen LogP contribution in [0.15, 0.2) is 61.9 Å². The molecular weight excluding hydrogens is 462 g/mol. The zero-order valence-corrected chi connectivity index (χ0v) is 21.1. The third kappa shape index (κ3) is 4.50. The fourth-order valence-electron chi connectivity index (χ4n) is 4.69. The van der Waals surface area contributed by atoms with Gasteiger partial charge in [0.25, 0.3) is 5.56 Å². The summed E-state index contributed by atoms with van der Waals surface area (Å²) in [6, 6.07) is 11.1. The van der Waals surface area contributed by atoms with E-state index in [1.54, 1.807) is 24.5 Å². The fourth-order valence-corrected chi connectivity index (χ4v) is 5.72. The molecular formula is C27H29N3O4S. The number of carbonyl (C=O) groups is 1. The molecule has 35 heavy (non-hydrogen) atoms. The second kappa shape index (κ2) is 9.70. The average molecular weight is 492 g/mol. The topological polar surface area (TPSA) is 77.0 Å². The minimum atomic E-state index is -0.603. The number of rotatable bonds is 5. The Bertz CT molecular complexity index is 1450. The van der Waals surface area contributed by atoms with E-state index in [-0.39, 0.29) is 12.2 Å². The number of hydrogen-bond acceptors (Lipinski definition) is 7. The van der Waals surface area contributed by atoms with Gasteiger partial charge >= 0.3 is 5.97 Å². The molecule has 1 saturated heterocycles. The number of benzene rings is 1. The summed E-state index contributed by atoms with van der Waals surface area (Å²) in [6.07, 6.45) is 5.35. The molecule has 2 aliphatic rings. The number of thiazole rings is 1. The van der Waals surface area contributed by atoms with Gasteiger partial charge in [-0.25, -0.2) is 9.79 Å². The van der Waals surface area contributed by atoms with E-state index in [9.17, 15) is 9.59 Å². The van der Waals surface area contributed by atoms with E-state index in [1.165, 1.54) is 17.8 Å². The summed E-state index contributed by atoms with van der Waals surface area (Å²) in [5.74, 6) is 1.01. The fraction of sp³-hybridized carbons (Fsp3) is 0.370. The summed E-state index contributed by atoms with van der Waals surface area (Å²) in [5.41, 5.74) is 2.68. The molecule has 2 aliphatic heterocycles. The van der Waals surface area contributed by atoms with Crippen molar-refractivity contribution >= 4 is 29.3 Å². The second-order valence-electron chi connectivity index (χ2n) is 8.94. The van der Waals surface area contributed by atoms with Gasteiger partial charge < -0.3 is 14.1 Å². The van der Waals surface area contributed by atoms with Crippen LogP contribution in [-0.2, 0) is 9.53 Å². The Morgan fingerprint density at radius 2 is 1.89 bits per heavy atom. The lowest BCUT2D eigenvalue weighted by Crippen LogP contribution is -2.39. The first-order chi connectivity index (χ1) is 17.0. The number of hydrogen-bond donors (Lipinski definition) is 0. The molecule has 7 nitrogen and oxygen atoms in total. The van der Waals surface area contributed by atoms with Crippen molar-refractivity contribution in [3.8, 4) is 0 Å². The number of anilines is 1. The highest BCUT2D eigenvalue weighted by Gasteiger charge is 2.33. The first-order valence-electron chi connectivity index (χ1n) is 12.1. The van der Waals surface area contributed by atoms with Crippen LogP contribution in [0, 0.1) is 6.92 Å². The number of aromatic nitrogens is 1. The molecule has 0 amide bonds. The summed E-state index contributed by atoms with van der Waals surface area (Å²) in [4.78, 5) is 34.0. The number of aryl methyl sites for hydroxylation is 1. The highest BCUT2D eigenvalue weighted by Crippen LogP contribution is 2.31. The maximum atomic E-state index is 13.7. The summed E-state index contributed by atoms with van der Waals surface area (Å²) in [5, 5.41) is 0. The average Bonchev–Trinajstić information content (AvgIpc) is 3.44. The van der Waals surface area contributed by atoms with E-state index < -0.39 is 12.0 Å². The van der Waals surface area contributed by atoms with Crippen molar-refractivity contribution in [2.24, 2.45) is 4.99 Å². The zero-order valence-electron chi connectivity index (χ0n) is 20.2. The Kier molecular flexibility index (Phi) is 6.47. The van der Waals surface area contributed by atoms with Gasteiger partial charge in [-0.1, -0.05) is 41.2 Å². The smallest absolute Gasteiger partial charge is 0.338 e. The minimum absolute atomic E-state index is 0.204. The Morgan fingerprint density at radius 3 is 2.60 bits per heavy atom. The van der Waals surface area contributed by atoms with E-state index in [1.807, 2.05) is 43.3 Å². The zero-order chi connectivity index (χ0) is 24.5. The van der Waals surface area contributed by atoms with Crippen LogP contribution in [0.5, 0.6) is 0 Å². The van der Waals surface area contributed by atoms with Crippen molar-refractivity contribution in [2.45, 2.75) is 46.1 Å². The lowest BCUT2D eigenvalue weighted by Gasteiger charge is -2.25. The summed E-state index contributed by atoms with van der Waals surface area (Å²) in [6.45, 7) is 7.79. The highest BCUT2D eigenvalue weighted by atomic mass is 32.1. The molecule has 1 aromatic carbocycles. The van der Waals surface area contributed by atoms with Crippen LogP contribution in [0.25, 0.3) is 6.08 Å². The molecule has 1 atom stereocenters. The normalized spacial score (nSPS) is 18.4. The molecule has 182 valence electrons. The van der Waals surface area contributed by atoms with Gasteiger partial charge in [-0.15, -0.1) is 0 Å². The number of carbonyl (C=O) groups excluding carboxylic acids is 1. The number of allylic oxidation sites excluding steroid dienone is 1. The van der Waals surface area contributed by atoms with Gasteiger partial charge in [0.05, 0.1) is 28.5 Å². The summed E-state index contributed by atoms with van der Waals surface area (Å²) >= 11 is 1.30. The quantitative estimate of drug-likeness (QED) is 0.509. The van der Waals surface area contributed by atoms with Gasteiger partial charge in [-0.05, 0) is 51.7 Å². The van der Waals surface area contributed by atoms with Gasteiger partial charge in [0.2, 0.25) is 0 Å². The predicted molar refractivity (Wildman–Crippen MR) is 136 cm³/mol. The molecule has 3 aromatic rings. The van der Waals surface area contributed by atoms with Crippen molar-refractivity contribution in [1.82, 2.24) is 4.57 Å². The molecule has 8 heteroatoms. The molecule has 0 spiro atoms. The molecule has 1 fully saturated rings. The third-order valence-corrected chi connectivity index (χ3v) is 7.45. The first-order valence-corrected chi connectivity index (χ1v) is 12.9. The Balaban J connectivity index is 1.60. The number of esters is 1. The monoisotopic (exact) mass is 491 g/mol. The van der Waals surface area contributed by atoms with Gasteiger partial charge in [-0.2, -0.15) is 0 Å². The predicted octanol–water partition coefficient (Wildman–Crippen LogP) is 3.69. The van der Waals surface area contributed by atoms with Gasteiger partial charge in [-0.3, -0.25) is 9.36 Å². The van der Waals surface area contributed by atoms with Crippen LogP contribution in [0.4, 0.5) is 5.88 Å². The van der Waals surface area contributed by atoms with E-state index in [2.05, 4.69) is 9.89 Å². The van der Waals surface area contributed by atoms with Gasteiger partial charge in [0.1, 0.15) is 5.76 Å². The number of furan rings is 1. The maximum absolute atomic E-state index is 13.7. The van der Waals surface area contributed by atoms with Crippen molar-refractivity contribution < 1.29 is 13.9 Å². The minimum Gasteiger partial charge on any atom is -0.463 e. The van der Waals surface area contributed by atoms with Crippen LogP contribution in [0.1, 0.15) is 56.0 Å². The molecule has 0 unspecified atom stereocenters. The Morgan fingerprint density at radius 1 is 1.14 bits per heavy atom. The van der Waals surface area contributed by atoms with Crippen LogP contribution >= 0.6 is 11.3 Å². The van der Waals surface area contributed by atoms with Crippen molar-refractivity contribution in [2.75, 3.05) is 24.6 Å². The lowest BCUT2D eigenvalue weighted by molar-refractivity contribution is -0.139. The first kappa shape index (κ1) is 23.4. The second-order valence-corrected chi connectivity index (χ2v) is 9.95. The molecule has 5 rings (SSSR count). The number of fused-ring (bicyclic) bond motifs is 1. The largest absolute Gasteiger partial charge is 0.463 e. The van der Waals surface area contributed by atoms with Crippen molar-refractivity contribution in [3.05, 3.63) is 84.2 Å².